The summed E-state index contributed by atoms with van der Waals surface area (Å²) in [4.78, 5) is 36.9. The van der Waals surface area contributed by atoms with Gasteiger partial charge in [-0.05, 0) is 58.1 Å². The summed E-state index contributed by atoms with van der Waals surface area (Å²) in [6.45, 7) is 7.37. The SMILES string of the molecule is Cc1cc(C)c(S(=O)(=O)NC(CNC(=O)C2=NOC(CCCCNc3ncc(C)[nH]3)C2)C(=O)O)c(C)c1. The molecule has 2 aromatic rings. The van der Waals surface area contributed by atoms with Gasteiger partial charge in [0, 0.05) is 31.4 Å². The van der Waals surface area contributed by atoms with Crippen LogP contribution in [0.25, 0.3) is 0 Å². The predicted octanol–water partition coefficient (Wildman–Crippen LogP) is 1.92. The number of imidazole rings is 1. The number of aromatic nitrogens is 2. The summed E-state index contributed by atoms with van der Waals surface area (Å²) in [6.07, 6.45) is 4.23. The van der Waals surface area contributed by atoms with Gasteiger partial charge in [0.2, 0.25) is 10.0 Å². The first kappa shape index (κ1) is 28.1. The van der Waals surface area contributed by atoms with Crippen LogP contribution >= 0.6 is 0 Å². The molecule has 1 aromatic carbocycles. The zero-order valence-electron chi connectivity index (χ0n) is 21.4. The molecule has 1 aromatic heterocycles. The molecule has 0 spiro atoms. The number of anilines is 1. The standard InChI is InChI=1S/C24H34N6O6S/c1-14-9-15(2)21(16(3)10-14)37(34,35)30-20(23(32)33)13-26-22(31)19-11-18(36-29-19)7-5-6-8-25-24-27-12-17(4)28-24/h9-10,12,18,20,30H,5-8,11,13H2,1-4H3,(H,26,31)(H,32,33)(H2,25,27,28). The lowest BCUT2D eigenvalue weighted by molar-refractivity contribution is -0.138. The molecule has 13 heteroatoms. The highest BCUT2D eigenvalue weighted by molar-refractivity contribution is 7.89. The Kier molecular flexibility index (Phi) is 9.27. The van der Waals surface area contributed by atoms with Gasteiger partial charge >= 0.3 is 5.97 Å². The van der Waals surface area contributed by atoms with Crippen LogP contribution in [-0.2, 0) is 24.4 Å². The molecule has 2 atom stereocenters. The molecule has 37 heavy (non-hydrogen) atoms. The van der Waals surface area contributed by atoms with Crippen LogP contribution in [0.5, 0.6) is 0 Å². The summed E-state index contributed by atoms with van der Waals surface area (Å²) < 4.78 is 28.1. The number of carboxylic acids is 1. The molecule has 0 saturated heterocycles. The molecule has 202 valence electrons. The summed E-state index contributed by atoms with van der Waals surface area (Å²) in [5.74, 6) is -1.28. The Morgan fingerprint density at radius 2 is 1.89 bits per heavy atom. The quantitative estimate of drug-likeness (QED) is 0.242. The molecule has 1 amide bonds. The van der Waals surface area contributed by atoms with Crippen LogP contribution < -0.4 is 15.4 Å². The summed E-state index contributed by atoms with van der Waals surface area (Å²) in [5.41, 5.74) is 3.04. The number of aromatic amines is 1. The summed E-state index contributed by atoms with van der Waals surface area (Å²) in [5, 5.41) is 19.0. The molecule has 12 nitrogen and oxygen atoms in total. The van der Waals surface area contributed by atoms with Gasteiger partial charge in [-0.3, -0.25) is 9.59 Å². The Hall–Kier alpha value is -3.45. The molecule has 2 unspecified atom stereocenters. The van der Waals surface area contributed by atoms with Gasteiger partial charge < -0.3 is 25.6 Å². The minimum absolute atomic E-state index is 0.0292. The number of carboxylic acid groups (broad SMARTS) is 1. The van der Waals surface area contributed by atoms with E-state index in [1.807, 2.05) is 13.8 Å². The highest BCUT2D eigenvalue weighted by atomic mass is 32.2. The molecule has 0 bridgehead atoms. The van der Waals surface area contributed by atoms with Gasteiger partial charge in [-0.1, -0.05) is 22.9 Å². The number of unbranched alkanes of at least 4 members (excludes halogenated alkanes) is 1. The number of hydrogen-bond acceptors (Lipinski definition) is 8. The summed E-state index contributed by atoms with van der Waals surface area (Å²) in [6, 6.07) is 1.87. The number of rotatable bonds is 13. The topological polar surface area (TPSA) is 175 Å². The summed E-state index contributed by atoms with van der Waals surface area (Å²) >= 11 is 0. The van der Waals surface area contributed by atoms with Crippen LogP contribution in [-0.4, -0.2) is 66.3 Å². The lowest BCUT2D eigenvalue weighted by Crippen LogP contribution is -2.49. The molecule has 1 aliphatic heterocycles. The maximum atomic E-state index is 12.9. The van der Waals surface area contributed by atoms with E-state index in [9.17, 15) is 23.1 Å². The van der Waals surface area contributed by atoms with E-state index in [0.717, 1.165) is 36.6 Å². The highest BCUT2D eigenvalue weighted by Crippen LogP contribution is 2.22. The molecule has 0 radical (unpaired) electrons. The zero-order valence-corrected chi connectivity index (χ0v) is 22.2. The van der Waals surface area contributed by atoms with E-state index < -0.39 is 34.5 Å². The van der Waals surface area contributed by atoms with Crippen molar-refractivity contribution in [2.24, 2.45) is 5.16 Å². The van der Waals surface area contributed by atoms with E-state index >= 15 is 0 Å². The number of oxime groups is 1. The number of sulfonamides is 1. The van der Waals surface area contributed by atoms with E-state index in [1.165, 1.54) is 0 Å². The van der Waals surface area contributed by atoms with Crippen molar-refractivity contribution in [2.45, 2.75) is 70.4 Å². The zero-order chi connectivity index (χ0) is 27.2. The number of aryl methyl sites for hydroxylation is 4. The number of hydrogen-bond donors (Lipinski definition) is 5. The van der Waals surface area contributed by atoms with Gasteiger partial charge in [0.1, 0.15) is 17.9 Å². The summed E-state index contributed by atoms with van der Waals surface area (Å²) in [7, 11) is -4.14. The molecule has 0 fully saturated rings. The second-order valence-electron chi connectivity index (χ2n) is 9.26. The largest absolute Gasteiger partial charge is 0.480 e. The number of carbonyl (C=O) groups excluding carboxylic acids is 1. The highest BCUT2D eigenvalue weighted by Gasteiger charge is 2.30. The van der Waals surface area contributed by atoms with Crippen LogP contribution in [0, 0.1) is 27.7 Å². The van der Waals surface area contributed by atoms with E-state index in [0.29, 0.717) is 24.0 Å². The van der Waals surface area contributed by atoms with Crippen molar-refractivity contribution in [1.82, 2.24) is 20.0 Å². The third kappa shape index (κ3) is 7.76. The van der Waals surface area contributed by atoms with Crippen molar-refractivity contribution < 1.29 is 28.0 Å². The predicted molar refractivity (Wildman–Crippen MR) is 138 cm³/mol. The number of nitrogens with one attached hydrogen (secondary N) is 4. The second kappa shape index (κ2) is 12.2. The van der Waals surface area contributed by atoms with Gasteiger partial charge in [0.15, 0.2) is 5.95 Å². The fourth-order valence-electron chi connectivity index (χ4n) is 4.24. The van der Waals surface area contributed by atoms with Crippen molar-refractivity contribution in [3.05, 3.63) is 40.7 Å². The third-order valence-corrected chi connectivity index (χ3v) is 7.66. The van der Waals surface area contributed by atoms with Gasteiger partial charge in [0.05, 0.1) is 4.90 Å². The maximum Gasteiger partial charge on any atom is 0.323 e. The second-order valence-corrected chi connectivity index (χ2v) is 10.9. The minimum atomic E-state index is -4.14. The molecule has 0 saturated carbocycles. The smallest absolute Gasteiger partial charge is 0.323 e. The lowest BCUT2D eigenvalue weighted by Gasteiger charge is -2.18. The average Bonchev–Trinajstić information content (AvgIpc) is 3.44. The molecule has 3 rings (SSSR count). The first-order chi connectivity index (χ1) is 17.5. The number of carbonyl (C=O) groups is 2. The van der Waals surface area contributed by atoms with Crippen LogP contribution in [0.2, 0.25) is 0 Å². The normalized spacial score (nSPS) is 16.1. The average molecular weight is 535 g/mol. The van der Waals surface area contributed by atoms with Crippen LogP contribution in [0.15, 0.2) is 28.4 Å². The minimum Gasteiger partial charge on any atom is -0.480 e. The Bertz CT molecular complexity index is 1250. The first-order valence-corrected chi connectivity index (χ1v) is 13.5. The number of nitrogens with zero attached hydrogens (tertiary/aromatic N) is 2. The van der Waals surface area contributed by atoms with Crippen LogP contribution in [0.1, 0.15) is 48.1 Å². The third-order valence-electron chi connectivity index (χ3n) is 5.88. The van der Waals surface area contributed by atoms with Crippen LogP contribution in [0.4, 0.5) is 5.95 Å². The molecule has 5 N–H and O–H groups in total. The Balaban J connectivity index is 1.45. The molecule has 0 aliphatic carbocycles. The fourth-order valence-corrected chi connectivity index (χ4v) is 5.88. The maximum absolute atomic E-state index is 12.9. The van der Waals surface area contributed by atoms with Crippen molar-refractivity contribution in [3.63, 3.8) is 0 Å². The molecular weight excluding hydrogens is 500 g/mol. The monoisotopic (exact) mass is 534 g/mol. The van der Waals surface area contributed by atoms with E-state index in [-0.39, 0.29) is 16.7 Å². The number of aliphatic carboxylic acids is 1. The Labute approximate surface area is 216 Å². The Morgan fingerprint density at radius 3 is 2.51 bits per heavy atom. The number of H-pyrrole nitrogens is 1. The van der Waals surface area contributed by atoms with Gasteiger partial charge in [-0.2, -0.15) is 4.72 Å². The van der Waals surface area contributed by atoms with Gasteiger partial charge in [-0.15, -0.1) is 0 Å². The van der Waals surface area contributed by atoms with Crippen molar-refractivity contribution in [3.8, 4) is 0 Å². The van der Waals surface area contributed by atoms with Crippen molar-refractivity contribution in [2.75, 3.05) is 18.4 Å². The van der Waals surface area contributed by atoms with E-state index in [1.54, 1.807) is 32.2 Å². The molecule has 2 heterocycles. The lowest BCUT2D eigenvalue weighted by atomic mass is 10.1. The van der Waals surface area contributed by atoms with Crippen molar-refractivity contribution in [1.29, 1.82) is 0 Å². The van der Waals surface area contributed by atoms with Crippen LogP contribution in [0.3, 0.4) is 0 Å². The Morgan fingerprint density at radius 1 is 1.19 bits per heavy atom. The molecular formula is C24H34N6O6S. The van der Waals surface area contributed by atoms with Gasteiger partial charge in [0.25, 0.3) is 5.91 Å². The number of benzene rings is 1. The number of amides is 1. The van der Waals surface area contributed by atoms with Gasteiger partial charge in [-0.25, -0.2) is 13.4 Å². The fraction of sp³-hybridized carbons (Fsp3) is 0.500. The molecule has 1 aliphatic rings. The van der Waals surface area contributed by atoms with Crippen molar-refractivity contribution >= 4 is 33.6 Å². The first-order valence-electron chi connectivity index (χ1n) is 12.1. The van der Waals surface area contributed by atoms with E-state index in [4.69, 9.17) is 4.84 Å². The van der Waals surface area contributed by atoms with E-state index in [2.05, 4.69) is 30.5 Å².